The molecular weight excluding hydrogens is 309 g/mol. The number of nitrogens with one attached hydrogen (secondary N) is 1. The predicted octanol–water partition coefficient (Wildman–Crippen LogP) is 1.97. The van der Waals surface area contributed by atoms with Gasteiger partial charge in [0, 0.05) is 30.5 Å². The van der Waals surface area contributed by atoms with Crippen molar-refractivity contribution in [2.24, 2.45) is 0 Å². The fraction of sp³-hybridized carbons (Fsp3) is 0.444. The van der Waals surface area contributed by atoms with Crippen molar-refractivity contribution in [3.8, 4) is 0 Å². The largest absolute Gasteiger partial charge is 0.390 e. The minimum absolute atomic E-state index is 0.149. The number of amides is 1. The van der Waals surface area contributed by atoms with E-state index in [9.17, 15) is 26.4 Å². The van der Waals surface area contributed by atoms with Gasteiger partial charge in [-0.1, -0.05) is 0 Å². The summed E-state index contributed by atoms with van der Waals surface area (Å²) in [6, 6.07) is 0.967. The van der Waals surface area contributed by atoms with Crippen LogP contribution in [0, 0.1) is 0 Å². The van der Waals surface area contributed by atoms with Crippen LogP contribution in [0.2, 0.25) is 0 Å². The van der Waals surface area contributed by atoms with Crippen LogP contribution < -0.4 is 0 Å². The summed E-state index contributed by atoms with van der Waals surface area (Å²) in [5.41, 5.74) is -0.149. The lowest BCUT2D eigenvalue weighted by Crippen LogP contribution is -2.30. The molecule has 1 rings (SSSR count). The molecular formula is C9H10ClF3N2O3S. The molecule has 1 N–H and O–H groups in total. The number of nitrogens with zero attached hydrogens (tertiary/aromatic N) is 1. The third-order valence-corrected chi connectivity index (χ3v) is 3.58. The first-order chi connectivity index (χ1) is 8.50. The summed E-state index contributed by atoms with van der Waals surface area (Å²) in [5.74, 6) is -0.754. The first-order valence-electron chi connectivity index (χ1n) is 4.96. The number of carbonyl (C=O) groups is 1. The quantitative estimate of drug-likeness (QED) is 0.863. The van der Waals surface area contributed by atoms with Gasteiger partial charge in [-0.3, -0.25) is 4.79 Å². The maximum Gasteiger partial charge on any atom is 0.390 e. The highest BCUT2D eigenvalue weighted by Crippen LogP contribution is 2.20. The molecule has 0 unspecified atom stereocenters. The molecule has 108 valence electrons. The van der Waals surface area contributed by atoms with Crippen molar-refractivity contribution in [1.29, 1.82) is 0 Å². The molecule has 0 radical (unpaired) electrons. The molecule has 1 aromatic heterocycles. The number of H-pyrrole nitrogens is 1. The Morgan fingerprint density at radius 1 is 1.47 bits per heavy atom. The standard InChI is InChI=1S/C9H10ClF3N2O3S/c1-15(3-2-9(11,12)13)8(16)7-4-6(5-14-7)19(10,17)18/h4-5,14H,2-3H2,1H3. The van der Waals surface area contributed by atoms with Crippen LogP contribution in [0.15, 0.2) is 17.2 Å². The third-order valence-electron chi connectivity index (χ3n) is 2.25. The minimum Gasteiger partial charge on any atom is -0.356 e. The van der Waals surface area contributed by atoms with Crippen molar-refractivity contribution in [2.45, 2.75) is 17.5 Å². The van der Waals surface area contributed by atoms with Gasteiger partial charge in [-0.2, -0.15) is 13.2 Å². The molecule has 19 heavy (non-hydrogen) atoms. The van der Waals surface area contributed by atoms with E-state index >= 15 is 0 Å². The van der Waals surface area contributed by atoms with Crippen LogP contribution in [0.25, 0.3) is 0 Å². The Morgan fingerprint density at radius 2 is 2.05 bits per heavy atom. The second kappa shape index (κ2) is 5.41. The molecule has 0 bridgehead atoms. The van der Waals surface area contributed by atoms with Crippen LogP contribution in [-0.2, 0) is 9.05 Å². The van der Waals surface area contributed by atoms with E-state index in [4.69, 9.17) is 10.7 Å². The molecule has 0 saturated heterocycles. The molecule has 0 aliphatic rings. The number of aromatic nitrogens is 1. The van der Waals surface area contributed by atoms with E-state index in [0.717, 1.165) is 17.2 Å². The summed E-state index contributed by atoms with van der Waals surface area (Å²) in [7, 11) is 2.25. The van der Waals surface area contributed by atoms with E-state index in [2.05, 4.69) is 4.98 Å². The van der Waals surface area contributed by atoms with E-state index in [1.54, 1.807) is 0 Å². The number of hydrogen-bond acceptors (Lipinski definition) is 3. The van der Waals surface area contributed by atoms with E-state index in [-0.39, 0.29) is 10.6 Å². The van der Waals surface area contributed by atoms with Crippen LogP contribution in [0.1, 0.15) is 16.9 Å². The van der Waals surface area contributed by atoms with Gasteiger partial charge < -0.3 is 9.88 Å². The average Bonchev–Trinajstić information content (AvgIpc) is 2.72. The molecule has 5 nitrogen and oxygen atoms in total. The predicted molar refractivity (Wildman–Crippen MR) is 61.5 cm³/mol. The van der Waals surface area contributed by atoms with Crippen molar-refractivity contribution in [3.63, 3.8) is 0 Å². The molecule has 0 atom stereocenters. The third kappa shape index (κ3) is 4.75. The molecule has 0 saturated carbocycles. The highest BCUT2D eigenvalue weighted by molar-refractivity contribution is 8.13. The van der Waals surface area contributed by atoms with Crippen molar-refractivity contribution >= 4 is 25.6 Å². The van der Waals surface area contributed by atoms with Crippen molar-refractivity contribution in [3.05, 3.63) is 18.0 Å². The summed E-state index contributed by atoms with van der Waals surface area (Å²) in [5, 5.41) is 0. The number of halogens is 4. The van der Waals surface area contributed by atoms with Crippen molar-refractivity contribution in [1.82, 2.24) is 9.88 Å². The Balaban J connectivity index is 2.75. The maximum atomic E-state index is 12.0. The van der Waals surface area contributed by atoms with Gasteiger partial charge in [-0.15, -0.1) is 0 Å². The van der Waals surface area contributed by atoms with Gasteiger partial charge >= 0.3 is 6.18 Å². The summed E-state index contributed by atoms with van der Waals surface area (Å²) in [6.07, 6.45) is -4.52. The number of aromatic amines is 1. The van der Waals surface area contributed by atoms with Gasteiger partial charge in [0.15, 0.2) is 0 Å². The Morgan fingerprint density at radius 3 is 2.47 bits per heavy atom. The molecule has 0 aliphatic heterocycles. The van der Waals surface area contributed by atoms with E-state index in [0.29, 0.717) is 0 Å². The minimum atomic E-state index is -4.37. The summed E-state index contributed by atoms with van der Waals surface area (Å²) < 4.78 is 57.9. The summed E-state index contributed by atoms with van der Waals surface area (Å²) in [4.78, 5) is 14.6. The number of hydrogen-bond donors (Lipinski definition) is 1. The molecule has 0 fully saturated rings. The van der Waals surface area contributed by atoms with E-state index < -0.39 is 34.1 Å². The molecule has 0 aromatic carbocycles. The fourth-order valence-corrected chi connectivity index (χ4v) is 1.97. The summed E-state index contributed by atoms with van der Waals surface area (Å²) >= 11 is 0. The lowest BCUT2D eigenvalue weighted by molar-refractivity contribution is -0.136. The maximum absolute atomic E-state index is 12.0. The Labute approximate surface area is 111 Å². The van der Waals surface area contributed by atoms with E-state index in [1.807, 2.05) is 0 Å². The highest BCUT2D eigenvalue weighted by Gasteiger charge is 2.28. The zero-order chi connectivity index (χ0) is 14.8. The Hall–Kier alpha value is -1.22. The highest BCUT2D eigenvalue weighted by atomic mass is 35.7. The lowest BCUT2D eigenvalue weighted by Gasteiger charge is -2.17. The molecule has 1 aromatic rings. The second-order valence-electron chi connectivity index (χ2n) is 3.78. The number of alkyl halides is 3. The first-order valence-corrected chi connectivity index (χ1v) is 7.27. The molecule has 1 amide bonds. The van der Waals surface area contributed by atoms with Gasteiger partial charge in [-0.25, -0.2) is 8.42 Å². The molecule has 1 heterocycles. The monoisotopic (exact) mass is 318 g/mol. The normalized spacial score (nSPS) is 12.5. The number of rotatable bonds is 4. The van der Waals surface area contributed by atoms with E-state index in [1.165, 1.54) is 7.05 Å². The van der Waals surface area contributed by atoms with Gasteiger partial charge in [0.2, 0.25) is 0 Å². The Bertz CT molecular complexity index is 568. The number of carbonyl (C=O) groups excluding carboxylic acids is 1. The van der Waals surface area contributed by atoms with Gasteiger partial charge in [0.05, 0.1) is 6.42 Å². The van der Waals surface area contributed by atoms with Gasteiger partial charge in [-0.05, 0) is 6.07 Å². The van der Waals surface area contributed by atoms with Crippen LogP contribution in [0.4, 0.5) is 13.2 Å². The molecule has 10 heteroatoms. The first kappa shape index (κ1) is 15.8. The van der Waals surface area contributed by atoms with Crippen LogP contribution >= 0.6 is 10.7 Å². The van der Waals surface area contributed by atoms with Gasteiger partial charge in [0.1, 0.15) is 10.6 Å². The Kier molecular flexibility index (Phi) is 4.51. The molecule has 0 aliphatic carbocycles. The zero-order valence-electron chi connectivity index (χ0n) is 9.66. The lowest BCUT2D eigenvalue weighted by atomic mass is 10.3. The van der Waals surface area contributed by atoms with Crippen LogP contribution in [-0.4, -0.2) is 44.0 Å². The van der Waals surface area contributed by atoms with Crippen molar-refractivity contribution in [2.75, 3.05) is 13.6 Å². The zero-order valence-corrected chi connectivity index (χ0v) is 11.2. The fourth-order valence-electron chi connectivity index (χ4n) is 1.24. The second-order valence-corrected chi connectivity index (χ2v) is 6.34. The SMILES string of the molecule is CN(CCC(F)(F)F)C(=O)c1cc(S(=O)(=O)Cl)c[nH]1. The van der Waals surface area contributed by atoms with Crippen LogP contribution in [0.3, 0.4) is 0 Å². The van der Waals surface area contributed by atoms with Crippen molar-refractivity contribution < 1.29 is 26.4 Å². The smallest absolute Gasteiger partial charge is 0.356 e. The molecule has 0 spiro atoms. The topological polar surface area (TPSA) is 70.2 Å². The average molecular weight is 319 g/mol. The summed E-state index contributed by atoms with van der Waals surface area (Å²) in [6.45, 7) is -0.524. The van der Waals surface area contributed by atoms with Gasteiger partial charge in [0.25, 0.3) is 15.0 Å². The van der Waals surface area contributed by atoms with Crippen LogP contribution in [0.5, 0.6) is 0 Å².